The number of carbonyl (C=O) groups excluding carboxylic acids is 1. The molecule has 2 unspecified atom stereocenters. The van der Waals surface area contributed by atoms with Gasteiger partial charge in [0.25, 0.3) is 0 Å². The number of hydrogen-bond donors (Lipinski definition) is 2. The molecule has 2 N–H and O–H groups in total. The highest BCUT2D eigenvalue weighted by Crippen LogP contribution is 2.27. The number of anilines is 1. The summed E-state index contributed by atoms with van der Waals surface area (Å²) in [7, 11) is 0. The number of benzene rings is 1. The minimum Gasteiger partial charge on any atom is -0.481 e. The average molecular weight is 324 g/mol. The van der Waals surface area contributed by atoms with Gasteiger partial charge in [-0.3, -0.25) is 9.59 Å². The average Bonchev–Trinajstić information content (AvgIpc) is 2.38. The molecule has 0 spiro atoms. The van der Waals surface area contributed by atoms with Gasteiger partial charge in [0.1, 0.15) is 0 Å². The zero-order valence-corrected chi connectivity index (χ0v) is 11.8. The normalized spacial score (nSPS) is 21.9. The van der Waals surface area contributed by atoms with Crippen molar-refractivity contribution in [2.75, 3.05) is 5.32 Å². The minimum atomic E-state index is -0.918. The molecule has 1 amide bonds. The zero-order chi connectivity index (χ0) is 13.8. The van der Waals surface area contributed by atoms with E-state index < -0.39 is 17.8 Å². The fourth-order valence-corrected chi connectivity index (χ4v) is 2.58. The lowest BCUT2D eigenvalue weighted by Crippen LogP contribution is -2.34. The molecular weight excluding hydrogens is 310 g/mol. The SMILES string of the molecule is O=C(O)C1CC=CCC1C(=O)Nc1cccc(Br)c1. The summed E-state index contributed by atoms with van der Waals surface area (Å²) in [6, 6.07) is 7.23. The topological polar surface area (TPSA) is 66.4 Å². The van der Waals surface area contributed by atoms with E-state index in [0.717, 1.165) is 4.47 Å². The first-order valence-corrected chi connectivity index (χ1v) is 6.81. The van der Waals surface area contributed by atoms with Gasteiger partial charge in [-0.1, -0.05) is 34.1 Å². The summed E-state index contributed by atoms with van der Waals surface area (Å²) < 4.78 is 0.864. The van der Waals surface area contributed by atoms with Crippen molar-refractivity contribution in [3.8, 4) is 0 Å². The van der Waals surface area contributed by atoms with E-state index in [4.69, 9.17) is 5.11 Å². The molecule has 19 heavy (non-hydrogen) atoms. The van der Waals surface area contributed by atoms with Gasteiger partial charge in [-0.25, -0.2) is 0 Å². The number of aliphatic carboxylic acids is 1. The first-order valence-electron chi connectivity index (χ1n) is 6.02. The number of nitrogens with one attached hydrogen (secondary N) is 1. The molecule has 4 nitrogen and oxygen atoms in total. The Morgan fingerprint density at radius 1 is 1.21 bits per heavy atom. The summed E-state index contributed by atoms with van der Waals surface area (Å²) >= 11 is 3.33. The van der Waals surface area contributed by atoms with Crippen LogP contribution in [0.4, 0.5) is 5.69 Å². The molecule has 2 atom stereocenters. The van der Waals surface area contributed by atoms with E-state index in [1.54, 1.807) is 12.1 Å². The Morgan fingerprint density at radius 2 is 1.89 bits per heavy atom. The van der Waals surface area contributed by atoms with Crippen LogP contribution in [0.15, 0.2) is 40.9 Å². The van der Waals surface area contributed by atoms with Crippen molar-refractivity contribution >= 4 is 33.5 Å². The van der Waals surface area contributed by atoms with Crippen LogP contribution in [0.5, 0.6) is 0 Å². The summed E-state index contributed by atoms with van der Waals surface area (Å²) in [6.07, 6.45) is 4.56. The van der Waals surface area contributed by atoms with Gasteiger partial charge < -0.3 is 10.4 Å². The molecule has 0 fully saturated rings. The predicted molar refractivity (Wildman–Crippen MR) is 75.8 cm³/mol. The van der Waals surface area contributed by atoms with Gasteiger partial charge in [-0.05, 0) is 31.0 Å². The zero-order valence-electron chi connectivity index (χ0n) is 10.2. The van der Waals surface area contributed by atoms with E-state index in [-0.39, 0.29) is 5.91 Å². The fraction of sp³-hybridized carbons (Fsp3) is 0.286. The van der Waals surface area contributed by atoms with Crippen molar-refractivity contribution in [1.82, 2.24) is 0 Å². The van der Waals surface area contributed by atoms with Crippen LogP contribution in [-0.2, 0) is 9.59 Å². The van der Waals surface area contributed by atoms with Crippen molar-refractivity contribution < 1.29 is 14.7 Å². The van der Waals surface area contributed by atoms with Crippen molar-refractivity contribution in [2.24, 2.45) is 11.8 Å². The van der Waals surface area contributed by atoms with Gasteiger partial charge in [0, 0.05) is 10.2 Å². The molecule has 1 aromatic rings. The third-order valence-electron chi connectivity index (χ3n) is 3.18. The Labute approximate surface area is 119 Å². The van der Waals surface area contributed by atoms with Crippen LogP contribution in [0.25, 0.3) is 0 Å². The number of carboxylic acid groups (broad SMARTS) is 1. The van der Waals surface area contributed by atoms with Crippen LogP contribution in [0, 0.1) is 11.8 Å². The molecule has 0 radical (unpaired) electrons. The monoisotopic (exact) mass is 323 g/mol. The van der Waals surface area contributed by atoms with E-state index in [2.05, 4.69) is 21.2 Å². The Morgan fingerprint density at radius 3 is 2.53 bits per heavy atom. The second-order valence-electron chi connectivity index (χ2n) is 4.49. The molecule has 0 heterocycles. The molecule has 0 saturated carbocycles. The van der Waals surface area contributed by atoms with E-state index in [0.29, 0.717) is 18.5 Å². The summed E-state index contributed by atoms with van der Waals surface area (Å²) in [5.41, 5.74) is 0.665. The number of rotatable bonds is 3. The smallest absolute Gasteiger partial charge is 0.307 e. The van der Waals surface area contributed by atoms with Gasteiger partial charge in [0.05, 0.1) is 11.8 Å². The number of hydrogen-bond acceptors (Lipinski definition) is 2. The van der Waals surface area contributed by atoms with Crippen molar-refractivity contribution in [1.29, 1.82) is 0 Å². The Balaban J connectivity index is 2.10. The predicted octanol–water partition coefficient (Wildman–Crippen LogP) is 3.05. The first kappa shape index (κ1) is 13.8. The second-order valence-corrected chi connectivity index (χ2v) is 5.41. The van der Waals surface area contributed by atoms with Crippen LogP contribution < -0.4 is 5.32 Å². The number of allylic oxidation sites excluding steroid dienone is 2. The van der Waals surface area contributed by atoms with E-state index in [1.165, 1.54) is 0 Å². The molecule has 1 aromatic carbocycles. The quantitative estimate of drug-likeness (QED) is 0.840. The number of carbonyl (C=O) groups is 2. The fourth-order valence-electron chi connectivity index (χ4n) is 2.18. The van der Waals surface area contributed by atoms with Crippen LogP contribution in [0.1, 0.15) is 12.8 Å². The molecule has 1 aliphatic carbocycles. The Hall–Kier alpha value is -1.62. The molecule has 2 rings (SSSR count). The third kappa shape index (κ3) is 3.44. The second kappa shape index (κ2) is 6.02. The first-order chi connectivity index (χ1) is 9.08. The summed E-state index contributed by atoms with van der Waals surface area (Å²) in [6.45, 7) is 0. The minimum absolute atomic E-state index is 0.241. The molecule has 0 saturated heterocycles. The summed E-state index contributed by atoms with van der Waals surface area (Å²) in [5.74, 6) is -2.31. The highest BCUT2D eigenvalue weighted by molar-refractivity contribution is 9.10. The molecule has 5 heteroatoms. The highest BCUT2D eigenvalue weighted by Gasteiger charge is 2.33. The molecule has 0 bridgehead atoms. The molecule has 0 aromatic heterocycles. The Kier molecular flexibility index (Phi) is 4.37. The molecule has 0 aliphatic heterocycles. The van der Waals surface area contributed by atoms with Crippen molar-refractivity contribution in [3.63, 3.8) is 0 Å². The lowest BCUT2D eigenvalue weighted by Gasteiger charge is -2.24. The third-order valence-corrected chi connectivity index (χ3v) is 3.67. The number of carboxylic acids is 1. The van der Waals surface area contributed by atoms with Gasteiger partial charge in [0.2, 0.25) is 5.91 Å². The standard InChI is InChI=1S/C14H14BrNO3/c15-9-4-3-5-10(8-9)16-13(17)11-6-1-2-7-12(11)14(18)19/h1-5,8,11-12H,6-7H2,(H,16,17)(H,18,19). The highest BCUT2D eigenvalue weighted by atomic mass is 79.9. The van der Waals surface area contributed by atoms with Crippen LogP contribution in [0.3, 0.4) is 0 Å². The summed E-state index contributed by atoms with van der Waals surface area (Å²) in [5, 5.41) is 11.9. The van der Waals surface area contributed by atoms with Crippen molar-refractivity contribution in [2.45, 2.75) is 12.8 Å². The van der Waals surface area contributed by atoms with Crippen LogP contribution in [-0.4, -0.2) is 17.0 Å². The largest absolute Gasteiger partial charge is 0.481 e. The number of amides is 1. The lowest BCUT2D eigenvalue weighted by atomic mass is 9.82. The van der Waals surface area contributed by atoms with E-state index in [1.807, 2.05) is 24.3 Å². The van der Waals surface area contributed by atoms with Crippen LogP contribution in [0.2, 0.25) is 0 Å². The Bertz CT molecular complexity index is 527. The van der Waals surface area contributed by atoms with Crippen molar-refractivity contribution in [3.05, 3.63) is 40.9 Å². The lowest BCUT2D eigenvalue weighted by molar-refractivity contribution is -0.146. The van der Waals surface area contributed by atoms with Gasteiger partial charge in [-0.2, -0.15) is 0 Å². The maximum Gasteiger partial charge on any atom is 0.307 e. The van der Waals surface area contributed by atoms with E-state index >= 15 is 0 Å². The molecular formula is C14H14BrNO3. The van der Waals surface area contributed by atoms with Gasteiger partial charge in [0.15, 0.2) is 0 Å². The van der Waals surface area contributed by atoms with Crippen LogP contribution >= 0.6 is 15.9 Å². The van der Waals surface area contributed by atoms with Gasteiger partial charge >= 0.3 is 5.97 Å². The maximum absolute atomic E-state index is 12.2. The maximum atomic E-state index is 12.2. The molecule has 1 aliphatic rings. The van der Waals surface area contributed by atoms with E-state index in [9.17, 15) is 9.59 Å². The summed E-state index contributed by atoms with van der Waals surface area (Å²) in [4.78, 5) is 23.3. The number of halogens is 1. The molecule has 100 valence electrons. The van der Waals surface area contributed by atoms with Gasteiger partial charge in [-0.15, -0.1) is 0 Å².